The normalized spacial score (nSPS) is 26.6. The molecule has 1 spiro atoms. The third-order valence-electron chi connectivity index (χ3n) is 5.66. The Balaban J connectivity index is 1.32. The van der Waals surface area contributed by atoms with Crippen molar-refractivity contribution in [3.05, 3.63) is 29.8 Å². The van der Waals surface area contributed by atoms with Crippen molar-refractivity contribution in [2.24, 2.45) is 5.41 Å². The SMILES string of the molecule is O=C(NCc1ccccc1OC1CCC1)N1CCC2(CCOC2)C1. The zero-order valence-corrected chi connectivity index (χ0v) is 14.1. The maximum atomic E-state index is 12.5. The van der Waals surface area contributed by atoms with Crippen molar-refractivity contribution in [2.45, 2.75) is 44.8 Å². The molecule has 24 heavy (non-hydrogen) atoms. The number of amides is 2. The average Bonchev–Trinajstić information content (AvgIpc) is 3.20. The van der Waals surface area contributed by atoms with Crippen LogP contribution in [0.5, 0.6) is 5.75 Å². The molecule has 3 aliphatic rings. The summed E-state index contributed by atoms with van der Waals surface area (Å²) in [5, 5.41) is 3.06. The zero-order valence-electron chi connectivity index (χ0n) is 14.1. The molecule has 5 nitrogen and oxygen atoms in total. The lowest BCUT2D eigenvalue weighted by Gasteiger charge is -2.27. The van der Waals surface area contributed by atoms with Gasteiger partial charge in [0, 0.05) is 37.2 Å². The maximum absolute atomic E-state index is 12.5. The molecule has 4 rings (SSSR count). The number of urea groups is 1. The van der Waals surface area contributed by atoms with E-state index in [0.29, 0.717) is 12.6 Å². The fourth-order valence-corrected chi connectivity index (χ4v) is 3.80. The second kappa shape index (κ2) is 6.63. The number of nitrogens with zero attached hydrogens (tertiary/aromatic N) is 1. The van der Waals surface area contributed by atoms with E-state index in [1.807, 2.05) is 29.2 Å². The molecule has 2 heterocycles. The van der Waals surface area contributed by atoms with Crippen LogP contribution in [0.3, 0.4) is 0 Å². The minimum atomic E-state index is 0.0252. The van der Waals surface area contributed by atoms with Crippen LogP contribution in [0.1, 0.15) is 37.7 Å². The lowest BCUT2D eigenvalue weighted by atomic mass is 9.87. The van der Waals surface area contributed by atoms with E-state index in [2.05, 4.69) is 5.32 Å². The van der Waals surface area contributed by atoms with Gasteiger partial charge in [-0.15, -0.1) is 0 Å². The number of carbonyl (C=O) groups is 1. The number of likely N-dealkylation sites (tertiary alicyclic amines) is 1. The first kappa shape index (κ1) is 15.8. The monoisotopic (exact) mass is 330 g/mol. The Bertz CT molecular complexity index is 594. The van der Waals surface area contributed by atoms with E-state index < -0.39 is 0 Å². The first-order chi connectivity index (χ1) is 11.7. The summed E-state index contributed by atoms with van der Waals surface area (Å²) in [6, 6.07) is 8.04. The molecule has 5 heteroatoms. The summed E-state index contributed by atoms with van der Waals surface area (Å²) in [5.41, 5.74) is 1.26. The number of hydrogen-bond donors (Lipinski definition) is 1. The average molecular weight is 330 g/mol. The van der Waals surface area contributed by atoms with E-state index >= 15 is 0 Å². The molecule has 1 aromatic rings. The smallest absolute Gasteiger partial charge is 0.317 e. The van der Waals surface area contributed by atoms with Gasteiger partial charge < -0.3 is 19.7 Å². The van der Waals surface area contributed by atoms with Crippen molar-refractivity contribution in [3.63, 3.8) is 0 Å². The molecule has 0 bridgehead atoms. The van der Waals surface area contributed by atoms with Crippen LogP contribution in [-0.2, 0) is 11.3 Å². The summed E-state index contributed by atoms with van der Waals surface area (Å²) in [6.45, 7) is 3.80. The fraction of sp³-hybridized carbons (Fsp3) is 0.632. The van der Waals surface area contributed by atoms with Crippen molar-refractivity contribution >= 4 is 6.03 Å². The molecule has 0 aromatic heterocycles. The summed E-state index contributed by atoms with van der Waals surface area (Å²) < 4.78 is 11.6. The predicted octanol–water partition coefficient (Wildman–Crippen LogP) is 2.94. The van der Waals surface area contributed by atoms with Gasteiger partial charge in [-0.3, -0.25) is 0 Å². The van der Waals surface area contributed by atoms with Crippen LogP contribution in [0.15, 0.2) is 24.3 Å². The van der Waals surface area contributed by atoms with E-state index in [1.54, 1.807) is 0 Å². The van der Waals surface area contributed by atoms with Gasteiger partial charge in [0.15, 0.2) is 0 Å². The second-order valence-corrected chi connectivity index (χ2v) is 7.41. The molecule has 1 saturated carbocycles. The van der Waals surface area contributed by atoms with Gasteiger partial charge >= 0.3 is 6.03 Å². The molecule has 130 valence electrons. The Morgan fingerprint density at radius 1 is 1.33 bits per heavy atom. The largest absolute Gasteiger partial charge is 0.490 e. The molecule has 1 aliphatic carbocycles. The van der Waals surface area contributed by atoms with Gasteiger partial charge in [0.1, 0.15) is 5.75 Å². The minimum Gasteiger partial charge on any atom is -0.490 e. The van der Waals surface area contributed by atoms with E-state index in [1.165, 1.54) is 6.42 Å². The highest BCUT2D eigenvalue weighted by Gasteiger charge is 2.42. The highest BCUT2D eigenvalue weighted by atomic mass is 16.5. The molecule has 3 fully saturated rings. The molecule has 1 aromatic carbocycles. The van der Waals surface area contributed by atoms with Gasteiger partial charge in [-0.05, 0) is 38.2 Å². The number of hydrogen-bond acceptors (Lipinski definition) is 3. The number of carbonyl (C=O) groups excluding carboxylic acids is 1. The second-order valence-electron chi connectivity index (χ2n) is 7.41. The zero-order chi connectivity index (χ0) is 16.4. The van der Waals surface area contributed by atoms with Crippen molar-refractivity contribution in [1.29, 1.82) is 0 Å². The Morgan fingerprint density at radius 2 is 2.21 bits per heavy atom. The molecular formula is C19H26N2O3. The van der Waals surface area contributed by atoms with Crippen LogP contribution < -0.4 is 10.1 Å². The number of benzene rings is 1. The lowest BCUT2D eigenvalue weighted by molar-refractivity contribution is 0.119. The first-order valence-corrected chi connectivity index (χ1v) is 9.09. The van der Waals surface area contributed by atoms with Gasteiger partial charge in [-0.2, -0.15) is 0 Å². The third-order valence-corrected chi connectivity index (χ3v) is 5.66. The number of nitrogens with one attached hydrogen (secondary N) is 1. The van der Waals surface area contributed by atoms with Crippen LogP contribution in [0.2, 0.25) is 0 Å². The van der Waals surface area contributed by atoms with Crippen LogP contribution in [0.4, 0.5) is 4.79 Å². The number of para-hydroxylation sites is 1. The molecule has 1 atom stereocenters. The summed E-state index contributed by atoms with van der Waals surface area (Å²) in [4.78, 5) is 14.4. The van der Waals surface area contributed by atoms with Gasteiger partial charge in [-0.1, -0.05) is 18.2 Å². The Labute approximate surface area is 143 Å². The standard InChI is InChI=1S/C19H26N2O3/c22-18(21-10-8-19(13-21)9-11-23-14-19)20-12-15-4-1-2-7-17(15)24-16-5-3-6-16/h1-2,4,7,16H,3,5-6,8-14H2,(H,20,22). The molecule has 2 saturated heterocycles. The molecular weight excluding hydrogens is 304 g/mol. The van der Waals surface area contributed by atoms with Crippen LogP contribution in [0, 0.1) is 5.41 Å². The first-order valence-electron chi connectivity index (χ1n) is 9.09. The molecule has 2 amide bonds. The van der Waals surface area contributed by atoms with Gasteiger partial charge in [-0.25, -0.2) is 4.79 Å². The summed E-state index contributed by atoms with van der Waals surface area (Å²) in [7, 11) is 0. The molecule has 0 radical (unpaired) electrons. The minimum absolute atomic E-state index is 0.0252. The van der Waals surface area contributed by atoms with E-state index in [4.69, 9.17) is 9.47 Å². The molecule has 1 N–H and O–H groups in total. The van der Waals surface area contributed by atoms with Crippen LogP contribution in [-0.4, -0.2) is 43.3 Å². The number of rotatable bonds is 4. The van der Waals surface area contributed by atoms with Crippen molar-refractivity contribution in [2.75, 3.05) is 26.3 Å². The van der Waals surface area contributed by atoms with Gasteiger partial charge in [0.2, 0.25) is 0 Å². The third kappa shape index (κ3) is 3.22. The lowest BCUT2D eigenvalue weighted by Crippen LogP contribution is -2.39. The van der Waals surface area contributed by atoms with Gasteiger partial charge in [0.05, 0.1) is 12.7 Å². The van der Waals surface area contributed by atoms with Gasteiger partial charge in [0.25, 0.3) is 0 Å². The quantitative estimate of drug-likeness (QED) is 0.923. The Kier molecular flexibility index (Phi) is 4.35. The highest BCUT2D eigenvalue weighted by molar-refractivity contribution is 5.74. The molecule has 1 unspecified atom stereocenters. The fourth-order valence-electron chi connectivity index (χ4n) is 3.80. The Hall–Kier alpha value is -1.75. The summed E-state index contributed by atoms with van der Waals surface area (Å²) in [6.07, 6.45) is 6.01. The number of ether oxygens (including phenoxy) is 2. The van der Waals surface area contributed by atoms with E-state index in [0.717, 1.165) is 63.3 Å². The van der Waals surface area contributed by atoms with Crippen LogP contribution >= 0.6 is 0 Å². The Morgan fingerprint density at radius 3 is 2.96 bits per heavy atom. The molecule has 2 aliphatic heterocycles. The van der Waals surface area contributed by atoms with Crippen molar-refractivity contribution < 1.29 is 14.3 Å². The summed E-state index contributed by atoms with van der Waals surface area (Å²) in [5.74, 6) is 0.907. The van der Waals surface area contributed by atoms with E-state index in [9.17, 15) is 4.79 Å². The van der Waals surface area contributed by atoms with Crippen molar-refractivity contribution in [3.8, 4) is 5.75 Å². The maximum Gasteiger partial charge on any atom is 0.317 e. The van der Waals surface area contributed by atoms with Crippen molar-refractivity contribution in [1.82, 2.24) is 10.2 Å². The highest BCUT2D eigenvalue weighted by Crippen LogP contribution is 2.38. The van der Waals surface area contributed by atoms with Crippen LogP contribution in [0.25, 0.3) is 0 Å². The topological polar surface area (TPSA) is 50.8 Å². The predicted molar refractivity (Wildman–Crippen MR) is 91.0 cm³/mol. The van der Waals surface area contributed by atoms with E-state index in [-0.39, 0.29) is 11.4 Å². The summed E-state index contributed by atoms with van der Waals surface area (Å²) >= 11 is 0.